The lowest BCUT2D eigenvalue weighted by molar-refractivity contribution is 0.279. The minimum absolute atomic E-state index is 0.138. The average molecular weight is 338 g/mol. The maximum Gasteiger partial charge on any atom is 0.220 e. The molecule has 0 bridgehead atoms. The average Bonchev–Trinajstić information content (AvgIpc) is 3.13. The van der Waals surface area contributed by atoms with E-state index in [2.05, 4.69) is 5.16 Å². The Labute approximate surface area is 136 Å². The smallest absolute Gasteiger partial charge is 0.220 e. The van der Waals surface area contributed by atoms with Crippen molar-refractivity contribution in [3.63, 3.8) is 0 Å². The Hall–Kier alpha value is -1.60. The van der Waals surface area contributed by atoms with Gasteiger partial charge in [-0.25, -0.2) is 8.42 Å². The Morgan fingerprint density at radius 3 is 2.83 bits per heavy atom. The molecule has 0 saturated carbocycles. The zero-order valence-electron chi connectivity index (χ0n) is 13.3. The molecule has 0 unspecified atom stereocenters. The van der Waals surface area contributed by atoms with E-state index in [4.69, 9.17) is 8.94 Å². The van der Waals surface area contributed by atoms with Crippen molar-refractivity contribution in [2.45, 2.75) is 50.8 Å². The molecule has 2 aromatic heterocycles. The largest absolute Gasteiger partial charge is 0.464 e. The fraction of sp³-hybridized carbons (Fsp3) is 0.562. The number of aryl methyl sites for hydroxylation is 1. The molecule has 1 aliphatic heterocycles. The van der Waals surface area contributed by atoms with Gasteiger partial charge in [0.1, 0.15) is 23.5 Å². The fourth-order valence-electron chi connectivity index (χ4n) is 3.04. The maximum atomic E-state index is 12.9. The zero-order valence-corrected chi connectivity index (χ0v) is 14.1. The Kier molecular flexibility index (Phi) is 4.87. The van der Waals surface area contributed by atoms with Gasteiger partial charge in [-0.1, -0.05) is 24.9 Å². The van der Waals surface area contributed by atoms with Gasteiger partial charge >= 0.3 is 0 Å². The van der Waals surface area contributed by atoms with Crippen molar-refractivity contribution in [3.8, 4) is 0 Å². The molecule has 126 valence electrons. The van der Waals surface area contributed by atoms with Crippen LogP contribution in [0, 0.1) is 0 Å². The number of hydrogen-bond acceptors (Lipinski definition) is 5. The molecule has 1 saturated heterocycles. The number of nitrogens with zero attached hydrogens (tertiary/aromatic N) is 2. The van der Waals surface area contributed by atoms with E-state index in [0.29, 0.717) is 12.2 Å². The second kappa shape index (κ2) is 6.88. The van der Waals surface area contributed by atoms with Crippen LogP contribution >= 0.6 is 0 Å². The van der Waals surface area contributed by atoms with Gasteiger partial charge in [0.25, 0.3) is 0 Å². The summed E-state index contributed by atoms with van der Waals surface area (Å²) in [6, 6.07) is 5.21. The maximum absolute atomic E-state index is 12.9. The van der Waals surface area contributed by atoms with Crippen LogP contribution in [0.4, 0.5) is 0 Å². The topological polar surface area (TPSA) is 76.6 Å². The van der Waals surface area contributed by atoms with E-state index in [0.717, 1.165) is 43.6 Å². The number of furan rings is 1. The summed E-state index contributed by atoms with van der Waals surface area (Å²) in [6.45, 7) is 2.54. The summed E-state index contributed by atoms with van der Waals surface area (Å²) in [4.78, 5) is 0. The summed E-state index contributed by atoms with van der Waals surface area (Å²) in [5.74, 6) is 1.49. The van der Waals surface area contributed by atoms with Crippen molar-refractivity contribution in [2.24, 2.45) is 0 Å². The molecule has 3 heterocycles. The molecule has 0 aromatic carbocycles. The van der Waals surface area contributed by atoms with Crippen LogP contribution in [0.5, 0.6) is 0 Å². The third-order valence-corrected chi connectivity index (χ3v) is 6.05. The molecule has 1 fully saturated rings. The molecule has 0 N–H and O–H groups in total. The SMILES string of the molecule is CCc1ccc([C@@H]2CCCCCN2S(=O)(=O)Cc2ccon2)o1. The minimum atomic E-state index is -3.47. The Bertz CT molecular complexity index is 721. The Balaban J connectivity index is 1.88. The molecule has 23 heavy (non-hydrogen) atoms. The number of aromatic nitrogens is 1. The van der Waals surface area contributed by atoms with Crippen LogP contribution in [-0.4, -0.2) is 24.4 Å². The first-order chi connectivity index (χ1) is 11.1. The van der Waals surface area contributed by atoms with Gasteiger partial charge in [0.15, 0.2) is 0 Å². The molecule has 2 aromatic rings. The summed E-state index contributed by atoms with van der Waals surface area (Å²) in [7, 11) is -3.47. The van der Waals surface area contributed by atoms with Crippen LogP contribution in [0.1, 0.15) is 55.9 Å². The summed E-state index contributed by atoms with van der Waals surface area (Å²) in [5.41, 5.74) is 0.432. The second-order valence-corrected chi connectivity index (χ2v) is 7.80. The van der Waals surface area contributed by atoms with E-state index < -0.39 is 10.0 Å². The molecule has 0 amide bonds. The van der Waals surface area contributed by atoms with Crippen molar-refractivity contribution < 1.29 is 17.4 Å². The van der Waals surface area contributed by atoms with Crippen LogP contribution in [0.25, 0.3) is 0 Å². The summed E-state index contributed by atoms with van der Waals surface area (Å²) >= 11 is 0. The molecule has 3 rings (SSSR count). The van der Waals surface area contributed by atoms with Gasteiger partial charge in [-0.2, -0.15) is 4.31 Å². The molecule has 1 atom stereocenters. The first-order valence-electron chi connectivity index (χ1n) is 8.07. The third kappa shape index (κ3) is 3.67. The zero-order chi connectivity index (χ0) is 16.3. The van der Waals surface area contributed by atoms with Crippen LogP contribution in [0.15, 0.2) is 33.4 Å². The highest BCUT2D eigenvalue weighted by Gasteiger charge is 2.34. The van der Waals surface area contributed by atoms with Gasteiger partial charge < -0.3 is 8.94 Å². The lowest BCUT2D eigenvalue weighted by Crippen LogP contribution is -2.35. The van der Waals surface area contributed by atoms with E-state index in [1.807, 2.05) is 19.1 Å². The van der Waals surface area contributed by atoms with Crippen molar-refractivity contribution >= 4 is 10.0 Å². The number of sulfonamides is 1. The summed E-state index contributed by atoms with van der Waals surface area (Å²) in [6.07, 6.45) is 5.89. The first kappa shape index (κ1) is 16.3. The number of rotatable bonds is 5. The molecule has 0 aliphatic carbocycles. The highest BCUT2D eigenvalue weighted by molar-refractivity contribution is 7.88. The van der Waals surface area contributed by atoms with E-state index in [-0.39, 0.29) is 11.8 Å². The lowest BCUT2D eigenvalue weighted by Gasteiger charge is -2.27. The van der Waals surface area contributed by atoms with E-state index in [1.54, 1.807) is 10.4 Å². The molecule has 0 spiro atoms. The van der Waals surface area contributed by atoms with Gasteiger partial charge in [0.05, 0.1) is 11.7 Å². The van der Waals surface area contributed by atoms with Gasteiger partial charge in [0, 0.05) is 19.0 Å². The molecular formula is C16H22N2O4S. The standard InChI is InChI=1S/C16H22N2O4S/c1-2-14-7-8-16(22-14)15-6-4-3-5-10-18(15)23(19,20)12-13-9-11-21-17-13/h7-9,11,15H,2-6,10,12H2,1H3/t15-/m0/s1. The molecule has 7 heteroatoms. The lowest BCUT2D eigenvalue weighted by atomic mass is 10.1. The first-order valence-corrected chi connectivity index (χ1v) is 9.68. The van der Waals surface area contributed by atoms with Crippen LogP contribution in [0.3, 0.4) is 0 Å². The van der Waals surface area contributed by atoms with Crippen LogP contribution < -0.4 is 0 Å². The van der Waals surface area contributed by atoms with Gasteiger partial charge in [-0.3, -0.25) is 0 Å². The number of hydrogen-bond donors (Lipinski definition) is 0. The van der Waals surface area contributed by atoms with E-state index >= 15 is 0 Å². The predicted octanol–water partition coefficient (Wildman–Crippen LogP) is 3.28. The summed E-state index contributed by atoms with van der Waals surface area (Å²) in [5, 5.41) is 3.73. The van der Waals surface area contributed by atoms with Gasteiger partial charge in [-0.05, 0) is 25.0 Å². The quantitative estimate of drug-likeness (QED) is 0.836. The predicted molar refractivity (Wildman–Crippen MR) is 85.1 cm³/mol. The van der Waals surface area contributed by atoms with Crippen molar-refractivity contribution in [2.75, 3.05) is 6.54 Å². The monoisotopic (exact) mass is 338 g/mol. The van der Waals surface area contributed by atoms with Gasteiger partial charge in [0.2, 0.25) is 10.0 Å². The van der Waals surface area contributed by atoms with Crippen molar-refractivity contribution in [3.05, 3.63) is 41.7 Å². The van der Waals surface area contributed by atoms with Crippen LogP contribution in [-0.2, 0) is 22.2 Å². The van der Waals surface area contributed by atoms with Crippen molar-refractivity contribution in [1.82, 2.24) is 9.46 Å². The molecular weight excluding hydrogens is 316 g/mol. The van der Waals surface area contributed by atoms with E-state index in [1.165, 1.54) is 6.26 Å². The van der Waals surface area contributed by atoms with E-state index in [9.17, 15) is 8.42 Å². The second-order valence-electron chi connectivity index (χ2n) is 5.88. The highest BCUT2D eigenvalue weighted by atomic mass is 32.2. The Morgan fingerprint density at radius 2 is 2.13 bits per heavy atom. The Morgan fingerprint density at radius 1 is 1.26 bits per heavy atom. The molecule has 1 aliphatic rings. The summed E-state index contributed by atoms with van der Waals surface area (Å²) < 4.78 is 37.9. The molecule has 6 nitrogen and oxygen atoms in total. The third-order valence-electron chi connectivity index (χ3n) is 4.24. The van der Waals surface area contributed by atoms with Crippen molar-refractivity contribution in [1.29, 1.82) is 0 Å². The van der Waals surface area contributed by atoms with Crippen LogP contribution in [0.2, 0.25) is 0 Å². The fourth-order valence-corrected chi connectivity index (χ4v) is 4.74. The molecule has 0 radical (unpaired) electrons. The minimum Gasteiger partial charge on any atom is -0.464 e. The highest BCUT2D eigenvalue weighted by Crippen LogP contribution is 2.34. The van der Waals surface area contributed by atoms with Gasteiger partial charge in [-0.15, -0.1) is 0 Å². The normalized spacial score (nSPS) is 20.5.